The number of pyridine rings is 1. The molecule has 6 rings (SSSR count). The van der Waals surface area contributed by atoms with Crippen molar-refractivity contribution in [3.05, 3.63) is 68.7 Å². The molecule has 1 aliphatic heterocycles. The van der Waals surface area contributed by atoms with Gasteiger partial charge in [0.1, 0.15) is 11.6 Å². The van der Waals surface area contributed by atoms with Crippen molar-refractivity contribution in [2.45, 2.75) is 39.5 Å². The van der Waals surface area contributed by atoms with Crippen molar-refractivity contribution in [3.63, 3.8) is 0 Å². The fourth-order valence-electron chi connectivity index (χ4n) is 6.55. The predicted octanol–water partition coefficient (Wildman–Crippen LogP) is 4.21. The average molecular weight is 509 g/mol. The number of hydrogen-bond acceptors (Lipinski definition) is 5. The van der Waals surface area contributed by atoms with E-state index >= 15 is 0 Å². The van der Waals surface area contributed by atoms with Crippen LogP contribution in [0.2, 0.25) is 5.02 Å². The molecule has 7 nitrogen and oxygen atoms in total. The van der Waals surface area contributed by atoms with E-state index in [2.05, 4.69) is 27.1 Å². The largest absolute Gasteiger partial charge is 0.302 e. The fourth-order valence-corrected chi connectivity index (χ4v) is 6.79. The van der Waals surface area contributed by atoms with Crippen LogP contribution >= 0.6 is 11.6 Å². The van der Waals surface area contributed by atoms with Gasteiger partial charge in [0.25, 0.3) is 5.56 Å². The fraction of sp³-hybridized carbons (Fsp3) is 0.481. The van der Waals surface area contributed by atoms with Crippen molar-refractivity contribution in [2.75, 3.05) is 19.6 Å². The van der Waals surface area contributed by atoms with Gasteiger partial charge in [-0.3, -0.25) is 9.20 Å². The number of likely N-dealkylation sites (tertiary alicyclic amines) is 1. The molecule has 4 aromatic rings. The van der Waals surface area contributed by atoms with Gasteiger partial charge >= 0.3 is 0 Å². The Balaban J connectivity index is 1.03. The molecule has 0 amide bonds. The van der Waals surface area contributed by atoms with Crippen LogP contribution in [0.5, 0.6) is 0 Å². The van der Waals surface area contributed by atoms with Gasteiger partial charge in [0.15, 0.2) is 5.65 Å². The van der Waals surface area contributed by atoms with Crippen molar-refractivity contribution in [3.8, 4) is 0 Å². The Morgan fingerprint density at radius 3 is 2.78 bits per heavy atom. The van der Waals surface area contributed by atoms with Gasteiger partial charge in [0.2, 0.25) is 0 Å². The molecule has 1 atom stereocenters. The first-order chi connectivity index (χ1) is 17.2. The highest BCUT2D eigenvalue weighted by molar-refractivity contribution is 6.35. The van der Waals surface area contributed by atoms with E-state index < -0.39 is 0 Å². The standard InChI is InChI=1S/C27H30ClFN6O/c1-16(6-20-8-24-32-31-17(2)35(24)13-23(20)29)12-34-14-27(15-34)9-18(10-27)7-19-4-5-22(28)25-21(19)11-30-33(3)26(25)36/h4-5,8,11,13,16,18H,6-7,9-10,12,14-15H2,1-3H3/t16-/m0/s1. The second-order valence-electron chi connectivity index (χ2n) is 11.1. The molecule has 3 aromatic heterocycles. The molecule has 1 aromatic carbocycles. The Hall–Kier alpha value is -2.84. The summed E-state index contributed by atoms with van der Waals surface area (Å²) in [4.78, 5) is 15.0. The number of aryl methyl sites for hydroxylation is 2. The molecular formula is C27H30ClFN6O. The zero-order valence-corrected chi connectivity index (χ0v) is 21.6. The summed E-state index contributed by atoms with van der Waals surface area (Å²) in [7, 11) is 1.65. The molecule has 188 valence electrons. The Kier molecular flexibility index (Phi) is 5.64. The SMILES string of the molecule is Cc1nnc2cc(C[C@H](C)CN3CC4(CC(Cc5ccc(Cl)c6c(=O)n(C)ncc56)C4)C3)c(F)cn12. The maximum atomic E-state index is 14.6. The van der Waals surface area contributed by atoms with Crippen LogP contribution in [0.3, 0.4) is 0 Å². The molecule has 2 fully saturated rings. The molecular weight excluding hydrogens is 479 g/mol. The molecule has 1 spiro atoms. The lowest BCUT2D eigenvalue weighted by atomic mass is 9.56. The number of fused-ring (bicyclic) bond motifs is 2. The Morgan fingerprint density at radius 1 is 1.22 bits per heavy atom. The lowest BCUT2D eigenvalue weighted by Crippen LogP contribution is -2.63. The first kappa shape index (κ1) is 23.6. The zero-order valence-electron chi connectivity index (χ0n) is 20.8. The maximum Gasteiger partial charge on any atom is 0.275 e. The van der Waals surface area contributed by atoms with Crippen molar-refractivity contribution in [2.24, 2.45) is 24.3 Å². The maximum absolute atomic E-state index is 14.6. The Labute approximate surface area is 213 Å². The smallest absolute Gasteiger partial charge is 0.275 e. The number of hydrogen-bond donors (Lipinski definition) is 0. The number of benzene rings is 1. The van der Waals surface area contributed by atoms with Crippen LogP contribution < -0.4 is 5.56 Å². The van der Waals surface area contributed by atoms with Crippen molar-refractivity contribution in [1.29, 1.82) is 0 Å². The molecule has 36 heavy (non-hydrogen) atoms. The monoisotopic (exact) mass is 508 g/mol. The van der Waals surface area contributed by atoms with E-state index in [-0.39, 0.29) is 11.4 Å². The topological polar surface area (TPSA) is 68.3 Å². The van der Waals surface area contributed by atoms with Crippen LogP contribution in [-0.2, 0) is 19.9 Å². The van der Waals surface area contributed by atoms with E-state index in [0.717, 1.165) is 37.0 Å². The third-order valence-electron chi connectivity index (χ3n) is 8.11. The number of nitrogens with zero attached hydrogens (tertiary/aromatic N) is 6. The van der Waals surface area contributed by atoms with Gasteiger partial charge < -0.3 is 4.90 Å². The number of halogens is 2. The van der Waals surface area contributed by atoms with Crippen molar-refractivity contribution < 1.29 is 4.39 Å². The summed E-state index contributed by atoms with van der Waals surface area (Å²) in [6.45, 7) is 7.21. The second-order valence-corrected chi connectivity index (χ2v) is 11.6. The van der Waals surface area contributed by atoms with E-state index in [9.17, 15) is 9.18 Å². The highest BCUT2D eigenvalue weighted by atomic mass is 35.5. The van der Waals surface area contributed by atoms with Crippen LogP contribution in [0.15, 0.2) is 35.4 Å². The molecule has 4 heterocycles. The molecule has 1 aliphatic carbocycles. The molecule has 0 bridgehead atoms. The first-order valence-corrected chi connectivity index (χ1v) is 12.9. The summed E-state index contributed by atoms with van der Waals surface area (Å²) in [6.07, 6.45) is 7.32. The Morgan fingerprint density at radius 2 is 2.00 bits per heavy atom. The van der Waals surface area contributed by atoms with Gasteiger partial charge in [-0.25, -0.2) is 9.07 Å². The summed E-state index contributed by atoms with van der Waals surface area (Å²) < 4.78 is 17.7. The minimum atomic E-state index is -0.193. The summed E-state index contributed by atoms with van der Waals surface area (Å²) in [5.41, 5.74) is 2.84. The highest BCUT2D eigenvalue weighted by Crippen LogP contribution is 2.53. The van der Waals surface area contributed by atoms with Gasteiger partial charge in [-0.05, 0) is 73.1 Å². The zero-order chi connectivity index (χ0) is 25.2. The van der Waals surface area contributed by atoms with E-state index in [1.54, 1.807) is 17.6 Å². The summed E-state index contributed by atoms with van der Waals surface area (Å²) in [5, 5.41) is 14.3. The van der Waals surface area contributed by atoms with Crippen LogP contribution in [-0.4, -0.2) is 48.9 Å². The summed E-state index contributed by atoms with van der Waals surface area (Å²) in [5.74, 6) is 1.47. The van der Waals surface area contributed by atoms with E-state index in [1.807, 2.05) is 25.1 Å². The van der Waals surface area contributed by atoms with E-state index in [1.165, 1.54) is 23.7 Å². The molecule has 9 heteroatoms. The number of aromatic nitrogens is 5. The molecule has 1 saturated carbocycles. The van der Waals surface area contributed by atoms with Gasteiger partial charge in [0.05, 0.1) is 16.6 Å². The lowest BCUT2D eigenvalue weighted by Gasteiger charge is -2.60. The second kappa shape index (κ2) is 8.63. The third-order valence-corrected chi connectivity index (χ3v) is 8.42. The van der Waals surface area contributed by atoms with Gasteiger partial charge in [-0.15, -0.1) is 10.2 Å². The van der Waals surface area contributed by atoms with Crippen molar-refractivity contribution >= 4 is 28.0 Å². The molecule has 0 N–H and O–H groups in total. The summed E-state index contributed by atoms with van der Waals surface area (Å²) >= 11 is 6.34. The van der Waals surface area contributed by atoms with E-state index in [4.69, 9.17) is 11.6 Å². The quantitative estimate of drug-likeness (QED) is 0.390. The van der Waals surface area contributed by atoms with Crippen LogP contribution in [0.25, 0.3) is 16.4 Å². The molecule has 0 unspecified atom stereocenters. The Bertz CT molecular complexity index is 1530. The minimum Gasteiger partial charge on any atom is -0.302 e. The van der Waals surface area contributed by atoms with Crippen LogP contribution in [0.4, 0.5) is 4.39 Å². The van der Waals surface area contributed by atoms with Crippen LogP contribution in [0.1, 0.15) is 36.7 Å². The molecule has 1 saturated heterocycles. The average Bonchev–Trinajstić information content (AvgIpc) is 3.14. The summed E-state index contributed by atoms with van der Waals surface area (Å²) in [6, 6.07) is 5.71. The number of rotatable bonds is 6. The normalized spacial score (nSPS) is 18.6. The van der Waals surface area contributed by atoms with Gasteiger partial charge in [0, 0.05) is 38.3 Å². The van der Waals surface area contributed by atoms with E-state index in [0.29, 0.717) is 51.1 Å². The van der Waals surface area contributed by atoms with Gasteiger partial charge in [-0.2, -0.15) is 5.10 Å². The molecule has 2 aliphatic rings. The third kappa shape index (κ3) is 4.00. The van der Waals surface area contributed by atoms with Gasteiger partial charge in [-0.1, -0.05) is 24.6 Å². The minimum absolute atomic E-state index is 0.149. The van der Waals surface area contributed by atoms with Crippen molar-refractivity contribution in [1.82, 2.24) is 29.3 Å². The lowest BCUT2D eigenvalue weighted by molar-refractivity contribution is -0.0980. The molecule has 0 radical (unpaired) electrons. The first-order valence-electron chi connectivity index (χ1n) is 12.6. The highest BCUT2D eigenvalue weighted by Gasteiger charge is 2.51. The van der Waals surface area contributed by atoms with Crippen LogP contribution in [0, 0.1) is 30.0 Å². The predicted molar refractivity (Wildman–Crippen MR) is 138 cm³/mol.